The first-order valence-corrected chi connectivity index (χ1v) is 9.25. The highest BCUT2D eigenvalue weighted by molar-refractivity contribution is 6.30. The Hall–Kier alpha value is -1.10. The molecule has 5 heteroatoms. The van der Waals surface area contributed by atoms with E-state index in [1.54, 1.807) is 24.3 Å². The fourth-order valence-electron chi connectivity index (χ4n) is 4.59. The molecule has 0 saturated heterocycles. The van der Waals surface area contributed by atoms with Gasteiger partial charge in [0.2, 0.25) is 0 Å². The molecule has 0 radical (unpaired) electrons. The molecule has 0 heterocycles. The quantitative estimate of drug-likeness (QED) is 0.707. The zero-order chi connectivity index (χ0) is 17.3. The van der Waals surface area contributed by atoms with E-state index in [1.165, 1.54) is 0 Å². The van der Waals surface area contributed by atoms with Crippen molar-refractivity contribution in [3.63, 3.8) is 0 Å². The molecular weight excluding hydrogens is 326 g/mol. The predicted octanol–water partition coefficient (Wildman–Crippen LogP) is 2.72. The molecule has 3 N–H and O–H groups in total. The van der Waals surface area contributed by atoms with Crippen LogP contribution in [0.5, 0.6) is 0 Å². The number of amides is 1. The average molecular weight is 352 g/mol. The van der Waals surface area contributed by atoms with Crippen LogP contribution >= 0.6 is 11.6 Å². The zero-order valence-electron chi connectivity index (χ0n) is 14.0. The lowest BCUT2D eigenvalue weighted by Crippen LogP contribution is -2.37. The van der Waals surface area contributed by atoms with E-state index in [1.807, 2.05) is 0 Å². The van der Waals surface area contributed by atoms with E-state index in [9.17, 15) is 15.0 Å². The highest BCUT2D eigenvalue weighted by Gasteiger charge is 2.59. The monoisotopic (exact) mass is 351 g/mol. The van der Waals surface area contributed by atoms with Crippen molar-refractivity contribution in [3.05, 3.63) is 34.9 Å². The molecule has 3 rings (SSSR count). The van der Waals surface area contributed by atoms with Gasteiger partial charge in [0, 0.05) is 35.8 Å². The van der Waals surface area contributed by atoms with Crippen LogP contribution in [0.4, 0.5) is 0 Å². The van der Waals surface area contributed by atoms with Crippen molar-refractivity contribution in [1.82, 2.24) is 5.32 Å². The van der Waals surface area contributed by atoms with Gasteiger partial charge in [-0.1, -0.05) is 18.5 Å². The summed E-state index contributed by atoms with van der Waals surface area (Å²) in [5.74, 6) is 2.21. The van der Waals surface area contributed by atoms with Gasteiger partial charge in [0.25, 0.3) is 5.91 Å². The normalized spacial score (nSPS) is 29.4. The summed E-state index contributed by atoms with van der Waals surface area (Å²) < 4.78 is 0. The molecule has 2 fully saturated rings. The third-order valence-electron chi connectivity index (χ3n) is 6.01. The number of carbonyl (C=O) groups is 1. The number of carbonyl (C=O) groups excluding carboxylic acids is 1. The predicted molar refractivity (Wildman–Crippen MR) is 93.9 cm³/mol. The van der Waals surface area contributed by atoms with Crippen molar-refractivity contribution in [1.29, 1.82) is 0 Å². The fourth-order valence-corrected chi connectivity index (χ4v) is 4.72. The highest BCUT2D eigenvalue weighted by Crippen LogP contribution is 2.62. The molecule has 1 aromatic rings. The Morgan fingerprint density at radius 3 is 2.29 bits per heavy atom. The first-order chi connectivity index (χ1) is 11.6. The van der Waals surface area contributed by atoms with Crippen LogP contribution in [0.2, 0.25) is 5.02 Å². The zero-order valence-corrected chi connectivity index (χ0v) is 14.7. The number of benzene rings is 1. The molecule has 132 valence electrons. The van der Waals surface area contributed by atoms with Gasteiger partial charge in [-0.25, -0.2) is 0 Å². The minimum atomic E-state index is -0.0383. The van der Waals surface area contributed by atoms with Crippen LogP contribution < -0.4 is 5.32 Å². The molecule has 0 aromatic heterocycles. The second kappa shape index (κ2) is 7.42. The maximum absolute atomic E-state index is 12.4. The summed E-state index contributed by atoms with van der Waals surface area (Å²) >= 11 is 5.87. The molecule has 2 unspecified atom stereocenters. The van der Waals surface area contributed by atoms with Crippen LogP contribution in [0.15, 0.2) is 24.3 Å². The summed E-state index contributed by atoms with van der Waals surface area (Å²) in [6.07, 6.45) is 3.05. The van der Waals surface area contributed by atoms with Gasteiger partial charge < -0.3 is 15.5 Å². The molecule has 1 amide bonds. The second-order valence-corrected chi connectivity index (χ2v) is 7.69. The summed E-state index contributed by atoms with van der Waals surface area (Å²) in [6.45, 7) is 2.24. The number of hydrogen-bond donors (Lipinski definition) is 3. The molecule has 2 aliphatic rings. The van der Waals surface area contributed by atoms with Crippen molar-refractivity contribution in [3.8, 4) is 0 Å². The van der Waals surface area contributed by atoms with Crippen LogP contribution in [0.25, 0.3) is 0 Å². The molecule has 24 heavy (non-hydrogen) atoms. The largest absolute Gasteiger partial charge is 0.396 e. The average Bonchev–Trinajstić information content (AvgIpc) is 3.07. The van der Waals surface area contributed by atoms with Gasteiger partial charge in [-0.3, -0.25) is 4.79 Å². The minimum Gasteiger partial charge on any atom is -0.396 e. The molecule has 2 saturated carbocycles. The van der Waals surface area contributed by atoms with Gasteiger partial charge in [-0.05, 0) is 67.2 Å². The summed E-state index contributed by atoms with van der Waals surface area (Å²) in [4.78, 5) is 12.4. The van der Waals surface area contributed by atoms with E-state index in [0.29, 0.717) is 34.3 Å². The van der Waals surface area contributed by atoms with Crippen molar-refractivity contribution in [2.75, 3.05) is 13.2 Å². The van der Waals surface area contributed by atoms with Gasteiger partial charge in [-0.15, -0.1) is 0 Å². The molecule has 2 aliphatic carbocycles. The lowest BCUT2D eigenvalue weighted by atomic mass is 9.86. The Labute approximate surface area is 148 Å². The van der Waals surface area contributed by atoms with Crippen LogP contribution in [-0.4, -0.2) is 35.4 Å². The van der Waals surface area contributed by atoms with Gasteiger partial charge in [0.1, 0.15) is 0 Å². The van der Waals surface area contributed by atoms with Crippen molar-refractivity contribution >= 4 is 17.5 Å². The second-order valence-electron chi connectivity index (χ2n) is 7.26. The van der Waals surface area contributed by atoms with E-state index >= 15 is 0 Å². The standard InChI is InChI=1S/C19H26ClNO3/c1-2-17(21-19(24)11-3-5-14(20)6-4-11)18-15-7-12(8-16(15)18)13(9-22)10-23/h3-6,12-13,15-18,22-23H,2,7-10H2,1H3,(H,21,24)/t12?,15-,16+,17-,18?/m1/s1. The third-order valence-corrected chi connectivity index (χ3v) is 6.26. The highest BCUT2D eigenvalue weighted by atomic mass is 35.5. The molecule has 1 aromatic carbocycles. The molecule has 5 atom stereocenters. The van der Waals surface area contributed by atoms with Gasteiger partial charge in [0.05, 0.1) is 0 Å². The van der Waals surface area contributed by atoms with Gasteiger partial charge in [0.15, 0.2) is 0 Å². The van der Waals surface area contributed by atoms with Gasteiger partial charge in [-0.2, -0.15) is 0 Å². The minimum absolute atomic E-state index is 0.0159. The number of halogens is 1. The summed E-state index contributed by atoms with van der Waals surface area (Å²) in [7, 11) is 0. The number of rotatable bonds is 7. The number of aliphatic hydroxyl groups is 2. The number of hydrogen-bond acceptors (Lipinski definition) is 3. The van der Waals surface area contributed by atoms with Crippen molar-refractivity contribution < 1.29 is 15.0 Å². The van der Waals surface area contributed by atoms with Crippen molar-refractivity contribution in [2.45, 2.75) is 32.2 Å². The number of fused-ring (bicyclic) bond motifs is 1. The van der Waals surface area contributed by atoms with Crippen LogP contribution in [0.1, 0.15) is 36.5 Å². The smallest absolute Gasteiger partial charge is 0.251 e. The molecule has 4 nitrogen and oxygen atoms in total. The summed E-state index contributed by atoms with van der Waals surface area (Å²) in [5.41, 5.74) is 0.641. The fraction of sp³-hybridized carbons (Fsp3) is 0.632. The van der Waals surface area contributed by atoms with Crippen molar-refractivity contribution in [2.24, 2.45) is 29.6 Å². The molecule has 0 spiro atoms. The van der Waals surface area contributed by atoms with E-state index < -0.39 is 0 Å². The Bertz CT molecular complexity index is 560. The van der Waals surface area contributed by atoms with E-state index in [2.05, 4.69) is 12.2 Å². The summed E-state index contributed by atoms with van der Waals surface area (Å²) in [6, 6.07) is 7.17. The first-order valence-electron chi connectivity index (χ1n) is 8.87. The topological polar surface area (TPSA) is 69.6 Å². The van der Waals surface area contributed by atoms with Crippen LogP contribution in [-0.2, 0) is 0 Å². The molecule has 0 bridgehead atoms. The molecular formula is C19H26ClNO3. The number of aliphatic hydroxyl groups excluding tert-OH is 2. The number of nitrogens with one attached hydrogen (secondary N) is 1. The third kappa shape index (κ3) is 3.46. The Morgan fingerprint density at radius 2 is 1.79 bits per heavy atom. The van der Waals surface area contributed by atoms with Crippen LogP contribution in [0.3, 0.4) is 0 Å². The van der Waals surface area contributed by atoms with E-state index in [-0.39, 0.29) is 31.1 Å². The Balaban J connectivity index is 1.56. The maximum atomic E-state index is 12.4. The van der Waals surface area contributed by atoms with E-state index in [4.69, 9.17) is 11.6 Å². The maximum Gasteiger partial charge on any atom is 0.251 e. The first kappa shape index (κ1) is 17.7. The Morgan fingerprint density at radius 1 is 1.21 bits per heavy atom. The SMILES string of the molecule is CC[C@@H](NC(=O)c1ccc(Cl)cc1)C1[C@H]2CC(C(CO)CO)C[C@@H]12. The van der Waals surface area contributed by atoms with E-state index in [0.717, 1.165) is 19.3 Å². The lowest BCUT2D eigenvalue weighted by molar-refractivity contribution is 0.0910. The van der Waals surface area contributed by atoms with Crippen LogP contribution in [0, 0.1) is 29.6 Å². The Kier molecular flexibility index (Phi) is 5.48. The lowest BCUT2D eigenvalue weighted by Gasteiger charge is -2.25. The molecule has 0 aliphatic heterocycles. The summed E-state index contributed by atoms with van der Waals surface area (Å²) in [5, 5.41) is 22.5. The van der Waals surface area contributed by atoms with Gasteiger partial charge >= 0.3 is 0 Å².